The zero-order valence-corrected chi connectivity index (χ0v) is 11.9. The molecule has 0 aliphatic carbocycles. The van der Waals surface area contributed by atoms with Crippen LogP contribution in [-0.2, 0) is 11.3 Å². The first kappa shape index (κ1) is 15.7. The molecule has 20 heavy (non-hydrogen) atoms. The van der Waals surface area contributed by atoms with Crippen LogP contribution in [0.4, 0.5) is 13.2 Å². The minimum atomic E-state index is -4.22. The van der Waals surface area contributed by atoms with Crippen LogP contribution in [0.15, 0.2) is 29.2 Å². The summed E-state index contributed by atoms with van der Waals surface area (Å²) in [6.45, 7) is 3.28. The van der Waals surface area contributed by atoms with E-state index in [1.54, 1.807) is 12.1 Å². The highest BCUT2D eigenvalue weighted by atomic mass is 32.2. The van der Waals surface area contributed by atoms with Gasteiger partial charge in [-0.15, -0.1) is 0 Å². The van der Waals surface area contributed by atoms with E-state index in [4.69, 9.17) is 4.74 Å². The molecule has 1 saturated heterocycles. The molecule has 2 rings (SSSR count). The summed E-state index contributed by atoms with van der Waals surface area (Å²) in [5.41, 5.74) is -3.22. The topological polar surface area (TPSA) is 21.3 Å². The monoisotopic (exact) mass is 305 g/mol. The van der Waals surface area contributed by atoms with Gasteiger partial charge in [-0.25, -0.2) is 0 Å². The third-order valence-electron chi connectivity index (χ3n) is 3.26. The molecule has 1 aliphatic rings. The smallest absolute Gasteiger partial charge is 0.381 e. The van der Waals surface area contributed by atoms with E-state index >= 15 is 0 Å². The van der Waals surface area contributed by atoms with Crippen molar-refractivity contribution in [2.24, 2.45) is 5.92 Å². The highest BCUT2D eigenvalue weighted by Crippen LogP contribution is 2.36. The van der Waals surface area contributed by atoms with Crippen molar-refractivity contribution in [3.63, 3.8) is 0 Å². The number of hydrogen-bond donors (Lipinski definition) is 1. The SMILES string of the molecule is FC(F)(F)Sc1ccc(CNCC2CCOCC2)cc1. The molecular formula is C14H18F3NOS. The summed E-state index contributed by atoms with van der Waals surface area (Å²) < 4.78 is 41.9. The number of thioether (sulfide) groups is 1. The summed E-state index contributed by atoms with van der Waals surface area (Å²) in [6.07, 6.45) is 2.16. The van der Waals surface area contributed by atoms with Crippen LogP contribution in [0.3, 0.4) is 0 Å². The van der Waals surface area contributed by atoms with Crippen molar-refractivity contribution in [2.45, 2.75) is 29.8 Å². The molecule has 1 aromatic carbocycles. The van der Waals surface area contributed by atoms with Gasteiger partial charge in [-0.1, -0.05) is 12.1 Å². The number of benzene rings is 1. The van der Waals surface area contributed by atoms with E-state index in [0.717, 1.165) is 38.2 Å². The summed E-state index contributed by atoms with van der Waals surface area (Å²) in [7, 11) is 0. The highest BCUT2D eigenvalue weighted by molar-refractivity contribution is 8.00. The molecule has 0 aromatic heterocycles. The van der Waals surface area contributed by atoms with E-state index in [-0.39, 0.29) is 16.7 Å². The number of halogens is 3. The molecule has 0 spiro atoms. The minimum absolute atomic E-state index is 0.0783. The third kappa shape index (κ3) is 5.73. The van der Waals surface area contributed by atoms with Crippen LogP contribution in [0, 0.1) is 5.92 Å². The van der Waals surface area contributed by atoms with Crippen LogP contribution in [-0.4, -0.2) is 25.3 Å². The zero-order valence-electron chi connectivity index (χ0n) is 11.1. The summed E-state index contributed by atoms with van der Waals surface area (Å²) in [6, 6.07) is 6.52. The largest absolute Gasteiger partial charge is 0.446 e. The lowest BCUT2D eigenvalue weighted by Crippen LogP contribution is -2.27. The van der Waals surface area contributed by atoms with E-state index in [9.17, 15) is 13.2 Å². The lowest BCUT2D eigenvalue weighted by atomic mass is 10.0. The summed E-state index contributed by atoms with van der Waals surface area (Å²) in [5, 5.41) is 3.35. The molecule has 1 fully saturated rings. The average Bonchev–Trinajstić information content (AvgIpc) is 2.40. The van der Waals surface area contributed by atoms with Crippen molar-refractivity contribution in [3.05, 3.63) is 29.8 Å². The van der Waals surface area contributed by atoms with Crippen molar-refractivity contribution in [1.29, 1.82) is 0 Å². The van der Waals surface area contributed by atoms with E-state index in [1.807, 2.05) is 0 Å². The Bertz CT molecular complexity index is 402. The van der Waals surface area contributed by atoms with E-state index in [2.05, 4.69) is 5.32 Å². The van der Waals surface area contributed by atoms with Crippen LogP contribution in [0.2, 0.25) is 0 Å². The van der Waals surface area contributed by atoms with Crippen LogP contribution >= 0.6 is 11.8 Å². The quantitative estimate of drug-likeness (QED) is 0.836. The molecule has 6 heteroatoms. The maximum atomic E-state index is 12.2. The number of nitrogens with one attached hydrogen (secondary N) is 1. The fraction of sp³-hybridized carbons (Fsp3) is 0.571. The normalized spacial score (nSPS) is 17.4. The Balaban J connectivity index is 1.73. The molecule has 1 aliphatic heterocycles. The summed E-state index contributed by atoms with van der Waals surface area (Å²) >= 11 is -0.0783. The lowest BCUT2D eigenvalue weighted by molar-refractivity contribution is -0.0328. The predicted molar refractivity (Wildman–Crippen MR) is 73.6 cm³/mol. The molecular weight excluding hydrogens is 287 g/mol. The minimum Gasteiger partial charge on any atom is -0.381 e. The van der Waals surface area contributed by atoms with Crippen molar-refractivity contribution >= 4 is 11.8 Å². The molecule has 0 saturated carbocycles. The summed E-state index contributed by atoms with van der Waals surface area (Å²) in [5.74, 6) is 0.642. The lowest BCUT2D eigenvalue weighted by Gasteiger charge is -2.22. The molecule has 0 unspecified atom stereocenters. The van der Waals surface area contributed by atoms with Gasteiger partial charge >= 0.3 is 5.51 Å². The Morgan fingerprint density at radius 2 is 1.80 bits per heavy atom. The van der Waals surface area contributed by atoms with E-state index in [1.165, 1.54) is 12.1 Å². The first-order valence-corrected chi connectivity index (χ1v) is 7.48. The Hall–Kier alpha value is -0.720. The van der Waals surface area contributed by atoms with Crippen LogP contribution < -0.4 is 5.32 Å². The van der Waals surface area contributed by atoms with Crippen LogP contribution in [0.1, 0.15) is 18.4 Å². The molecule has 0 radical (unpaired) electrons. The van der Waals surface area contributed by atoms with Crippen LogP contribution in [0.5, 0.6) is 0 Å². The number of hydrogen-bond acceptors (Lipinski definition) is 3. The van der Waals surface area contributed by atoms with Crippen LogP contribution in [0.25, 0.3) is 0 Å². The molecule has 0 amide bonds. The Morgan fingerprint density at radius 3 is 2.40 bits per heavy atom. The zero-order chi connectivity index (χ0) is 14.4. The highest BCUT2D eigenvalue weighted by Gasteiger charge is 2.28. The van der Waals surface area contributed by atoms with Crippen molar-refractivity contribution in [1.82, 2.24) is 5.32 Å². The summed E-state index contributed by atoms with van der Waals surface area (Å²) in [4.78, 5) is 0.227. The van der Waals surface area contributed by atoms with Gasteiger partial charge in [-0.2, -0.15) is 13.2 Å². The van der Waals surface area contributed by atoms with Gasteiger partial charge in [0.2, 0.25) is 0 Å². The molecule has 0 bridgehead atoms. The maximum Gasteiger partial charge on any atom is 0.446 e. The van der Waals surface area contributed by atoms with Gasteiger partial charge in [0.1, 0.15) is 0 Å². The number of alkyl halides is 3. The average molecular weight is 305 g/mol. The maximum absolute atomic E-state index is 12.2. The Morgan fingerprint density at radius 1 is 1.15 bits per heavy atom. The second-order valence-electron chi connectivity index (χ2n) is 4.88. The van der Waals surface area contributed by atoms with Gasteiger partial charge < -0.3 is 10.1 Å². The van der Waals surface area contributed by atoms with Gasteiger partial charge in [0.05, 0.1) is 0 Å². The van der Waals surface area contributed by atoms with Gasteiger partial charge in [-0.05, 0) is 54.8 Å². The first-order chi connectivity index (χ1) is 9.53. The fourth-order valence-corrected chi connectivity index (χ4v) is 2.72. The number of rotatable bonds is 5. The second kappa shape index (κ2) is 7.33. The molecule has 112 valence electrons. The number of ether oxygens (including phenoxy) is 1. The van der Waals surface area contributed by atoms with Crippen molar-refractivity contribution < 1.29 is 17.9 Å². The first-order valence-electron chi connectivity index (χ1n) is 6.66. The molecule has 1 aromatic rings. The van der Waals surface area contributed by atoms with Gasteiger partial charge in [0, 0.05) is 24.7 Å². The van der Waals surface area contributed by atoms with Gasteiger partial charge in [0.15, 0.2) is 0 Å². The Labute approximate surface area is 121 Å². The van der Waals surface area contributed by atoms with E-state index < -0.39 is 5.51 Å². The fourth-order valence-electron chi connectivity index (χ4n) is 2.18. The second-order valence-corrected chi connectivity index (χ2v) is 6.02. The van der Waals surface area contributed by atoms with Crippen molar-refractivity contribution in [2.75, 3.05) is 19.8 Å². The molecule has 2 nitrogen and oxygen atoms in total. The molecule has 0 atom stereocenters. The Kier molecular flexibility index (Phi) is 5.74. The van der Waals surface area contributed by atoms with E-state index in [0.29, 0.717) is 12.5 Å². The van der Waals surface area contributed by atoms with Gasteiger partial charge in [-0.3, -0.25) is 0 Å². The molecule has 1 N–H and O–H groups in total. The standard InChI is InChI=1S/C14H18F3NOS/c15-14(16,17)20-13-3-1-11(2-4-13)9-18-10-12-5-7-19-8-6-12/h1-4,12,18H,5-10H2. The third-order valence-corrected chi connectivity index (χ3v) is 4.00. The predicted octanol–water partition coefficient (Wildman–Crippen LogP) is 3.81. The van der Waals surface area contributed by atoms with Crippen molar-refractivity contribution in [3.8, 4) is 0 Å². The molecule has 1 heterocycles. The van der Waals surface area contributed by atoms with Gasteiger partial charge in [0.25, 0.3) is 0 Å².